The predicted octanol–water partition coefficient (Wildman–Crippen LogP) is 2.51. The molecule has 0 unspecified atom stereocenters. The normalized spacial score (nSPS) is 12.1. The number of fused-ring (bicyclic) bond motifs is 1. The number of thioether (sulfide) groups is 1. The number of carbonyl (C=O) groups excluding carboxylic acids is 1. The first-order valence-electron chi connectivity index (χ1n) is 7.34. The molecule has 0 bridgehead atoms. The molecule has 0 atom stereocenters. The summed E-state index contributed by atoms with van der Waals surface area (Å²) in [5.41, 5.74) is 6.56. The van der Waals surface area contributed by atoms with Gasteiger partial charge in [0.1, 0.15) is 16.5 Å². The van der Waals surface area contributed by atoms with Gasteiger partial charge in [-0.15, -0.1) is 11.3 Å². The van der Waals surface area contributed by atoms with Crippen LogP contribution in [0.3, 0.4) is 0 Å². The summed E-state index contributed by atoms with van der Waals surface area (Å²) in [6, 6.07) is 1.82. The lowest BCUT2D eigenvalue weighted by atomic mass is 10.2. The molecule has 8 heteroatoms. The zero-order chi connectivity index (χ0) is 18.0. The maximum atomic E-state index is 12.7. The minimum absolute atomic E-state index is 0.0126. The first-order valence-corrected chi connectivity index (χ1v) is 9.14. The number of ketones is 1. The fourth-order valence-electron chi connectivity index (χ4n) is 2.27. The summed E-state index contributed by atoms with van der Waals surface area (Å²) >= 11 is 2.62. The number of hydrogen-bond acceptors (Lipinski definition) is 7. The van der Waals surface area contributed by atoms with Crippen LogP contribution in [-0.2, 0) is 11.3 Å². The summed E-state index contributed by atoms with van der Waals surface area (Å²) in [4.78, 5) is 31.1. The minimum Gasteiger partial charge on any atom is -0.401 e. The Labute approximate surface area is 148 Å². The molecule has 0 aromatic carbocycles. The summed E-state index contributed by atoms with van der Waals surface area (Å²) in [5.74, 6) is -0.350. The van der Waals surface area contributed by atoms with Crippen LogP contribution in [0.15, 0.2) is 21.2 Å². The smallest absolute Gasteiger partial charge is 0.263 e. The molecule has 0 saturated heterocycles. The Balaban J connectivity index is 2.43. The number of thiophene rings is 1. The highest BCUT2D eigenvalue weighted by molar-refractivity contribution is 7.99. The molecular weight excluding hydrogens is 344 g/mol. The van der Waals surface area contributed by atoms with Gasteiger partial charge in [0.2, 0.25) is 0 Å². The number of nitrogens with two attached hydrogens (primary N) is 1. The van der Waals surface area contributed by atoms with Gasteiger partial charge in [-0.05, 0) is 33.3 Å². The molecule has 0 aliphatic carbocycles. The summed E-state index contributed by atoms with van der Waals surface area (Å²) in [7, 11) is 0. The number of aromatic nitrogens is 2. The van der Waals surface area contributed by atoms with Crippen LogP contribution in [0.2, 0.25) is 0 Å². The monoisotopic (exact) mass is 362 g/mol. The maximum absolute atomic E-state index is 12.7. The van der Waals surface area contributed by atoms with E-state index in [4.69, 9.17) is 11.0 Å². The fraction of sp³-hybridized carbons (Fsp3) is 0.375. The average Bonchev–Trinajstić information content (AvgIpc) is 2.80. The van der Waals surface area contributed by atoms with Gasteiger partial charge in [0.15, 0.2) is 10.9 Å². The SMILES string of the molecule is CCn1c(SCC(=O)/C(C#N)=C(\C)N)nc2sc(C)c(C)c2c1=O. The van der Waals surface area contributed by atoms with E-state index in [2.05, 4.69) is 4.98 Å². The van der Waals surface area contributed by atoms with Gasteiger partial charge < -0.3 is 5.73 Å². The van der Waals surface area contributed by atoms with E-state index in [0.717, 1.165) is 22.2 Å². The summed E-state index contributed by atoms with van der Waals surface area (Å²) in [5, 5.41) is 10.1. The molecular formula is C16H18N4O2S2. The van der Waals surface area contributed by atoms with Crippen molar-refractivity contribution in [2.45, 2.75) is 39.4 Å². The van der Waals surface area contributed by atoms with Gasteiger partial charge in [0, 0.05) is 17.1 Å². The van der Waals surface area contributed by atoms with Gasteiger partial charge in [-0.2, -0.15) is 5.26 Å². The fourth-order valence-corrected chi connectivity index (χ4v) is 4.28. The summed E-state index contributed by atoms with van der Waals surface area (Å²) in [6.07, 6.45) is 0. The molecule has 2 aromatic rings. The first kappa shape index (κ1) is 18.2. The van der Waals surface area contributed by atoms with Crippen molar-refractivity contribution in [3.63, 3.8) is 0 Å². The highest BCUT2D eigenvalue weighted by Crippen LogP contribution is 2.28. The molecule has 2 heterocycles. The highest BCUT2D eigenvalue weighted by Gasteiger charge is 2.18. The molecule has 0 spiro atoms. The minimum atomic E-state index is -0.363. The number of Topliss-reactive ketones (excluding diaryl/α,β-unsaturated/α-hetero) is 1. The van der Waals surface area contributed by atoms with Crippen molar-refractivity contribution in [2.75, 3.05) is 5.75 Å². The van der Waals surface area contributed by atoms with Gasteiger partial charge in [-0.25, -0.2) is 4.98 Å². The summed E-state index contributed by atoms with van der Waals surface area (Å²) < 4.78 is 1.56. The van der Waals surface area contributed by atoms with Crippen molar-refractivity contribution in [3.8, 4) is 6.07 Å². The summed E-state index contributed by atoms with van der Waals surface area (Å²) in [6.45, 7) is 7.72. The number of allylic oxidation sites excluding steroid dienone is 2. The third kappa shape index (κ3) is 3.23. The molecule has 0 aliphatic rings. The Morgan fingerprint density at radius 1 is 1.46 bits per heavy atom. The second kappa shape index (κ2) is 7.20. The lowest BCUT2D eigenvalue weighted by molar-refractivity contribution is -0.112. The van der Waals surface area contributed by atoms with E-state index in [9.17, 15) is 9.59 Å². The standard InChI is InChI=1S/C16H18N4O2S2/c1-5-20-15(22)13-8(2)10(4)24-14(13)19-16(20)23-7-12(21)11(6-17)9(3)18/h5,7,18H2,1-4H3/b11-9+. The van der Waals surface area contributed by atoms with Crippen LogP contribution in [0.5, 0.6) is 0 Å². The Morgan fingerprint density at radius 2 is 2.12 bits per heavy atom. The Morgan fingerprint density at radius 3 is 2.67 bits per heavy atom. The molecule has 0 aliphatic heterocycles. The van der Waals surface area contributed by atoms with E-state index >= 15 is 0 Å². The van der Waals surface area contributed by atoms with Crippen molar-refractivity contribution in [1.82, 2.24) is 9.55 Å². The van der Waals surface area contributed by atoms with E-state index in [0.29, 0.717) is 21.9 Å². The number of nitriles is 1. The van der Waals surface area contributed by atoms with Gasteiger partial charge >= 0.3 is 0 Å². The van der Waals surface area contributed by atoms with Gasteiger partial charge in [-0.1, -0.05) is 11.8 Å². The third-order valence-electron chi connectivity index (χ3n) is 3.69. The molecule has 6 nitrogen and oxygen atoms in total. The van der Waals surface area contributed by atoms with Crippen LogP contribution in [0, 0.1) is 25.2 Å². The highest BCUT2D eigenvalue weighted by atomic mass is 32.2. The molecule has 0 saturated carbocycles. The molecule has 0 amide bonds. The number of aryl methyl sites for hydroxylation is 2. The molecule has 2 N–H and O–H groups in total. The first-order chi connectivity index (χ1) is 11.3. The predicted molar refractivity (Wildman–Crippen MR) is 97.3 cm³/mol. The number of carbonyl (C=O) groups is 1. The lowest BCUT2D eigenvalue weighted by Crippen LogP contribution is -2.23. The van der Waals surface area contributed by atoms with Gasteiger partial charge in [-0.3, -0.25) is 14.2 Å². The van der Waals surface area contributed by atoms with Gasteiger partial charge in [0.05, 0.1) is 11.1 Å². The largest absolute Gasteiger partial charge is 0.401 e. The van der Waals surface area contributed by atoms with Gasteiger partial charge in [0.25, 0.3) is 5.56 Å². The molecule has 2 rings (SSSR count). The van der Waals surface area contributed by atoms with Crippen LogP contribution in [0.25, 0.3) is 10.2 Å². The number of hydrogen-bond donors (Lipinski definition) is 1. The van der Waals surface area contributed by atoms with Crippen molar-refractivity contribution >= 4 is 39.1 Å². The Bertz CT molecular complexity index is 944. The quantitative estimate of drug-likeness (QED) is 0.379. The number of rotatable bonds is 5. The van der Waals surface area contributed by atoms with E-state index in [1.807, 2.05) is 26.8 Å². The Hall–Kier alpha value is -2.11. The topological polar surface area (TPSA) is 102 Å². The third-order valence-corrected chi connectivity index (χ3v) is 5.76. The van der Waals surface area contributed by atoms with Crippen molar-refractivity contribution < 1.29 is 4.79 Å². The molecule has 0 fully saturated rings. The molecule has 2 aromatic heterocycles. The van der Waals surface area contributed by atoms with Crippen LogP contribution < -0.4 is 11.3 Å². The van der Waals surface area contributed by atoms with Crippen molar-refractivity contribution in [1.29, 1.82) is 5.26 Å². The zero-order valence-corrected chi connectivity index (χ0v) is 15.6. The van der Waals surface area contributed by atoms with Crippen molar-refractivity contribution in [3.05, 3.63) is 32.1 Å². The second-order valence-electron chi connectivity index (χ2n) is 5.29. The van der Waals surface area contributed by atoms with E-state index in [1.54, 1.807) is 4.57 Å². The number of nitrogens with zero attached hydrogens (tertiary/aromatic N) is 3. The molecule has 0 radical (unpaired) electrons. The van der Waals surface area contributed by atoms with E-state index in [1.165, 1.54) is 18.3 Å². The maximum Gasteiger partial charge on any atom is 0.263 e. The lowest BCUT2D eigenvalue weighted by Gasteiger charge is -2.09. The van der Waals surface area contributed by atoms with Crippen LogP contribution >= 0.6 is 23.1 Å². The van der Waals surface area contributed by atoms with Crippen LogP contribution in [0.4, 0.5) is 0 Å². The zero-order valence-electron chi connectivity index (χ0n) is 14.0. The average molecular weight is 362 g/mol. The molecule has 24 heavy (non-hydrogen) atoms. The van der Waals surface area contributed by atoms with Crippen LogP contribution in [0.1, 0.15) is 24.3 Å². The Kier molecular flexibility index (Phi) is 5.47. The van der Waals surface area contributed by atoms with Crippen molar-refractivity contribution in [2.24, 2.45) is 5.73 Å². The molecule has 126 valence electrons. The second-order valence-corrected chi connectivity index (χ2v) is 7.43. The van der Waals surface area contributed by atoms with E-state index in [-0.39, 0.29) is 28.4 Å². The van der Waals surface area contributed by atoms with E-state index < -0.39 is 0 Å². The van der Waals surface area contributed by atoms with Crippen LogP contribution in [-0.4, -0.2) is 21.1 Å².